The van der Waals surface area contributed by atoms with Crippen LogP contribution in [0.25, 0.3) is 0 Å². The summed E-state index contributed by atoms with van der Waals surface area (Å²) in [6.45, 7) is 4.12. The Bertz CT molecular complexity index is 491. The lowest BCUT2D eigenvalue weighted by Crippen LogP contribution is -2.56. The molecule has 3 unspecified atom stereocenters. The maximum atomic E-state index is 12.5. The molecule has 0 radical (unpaired) electrons. The molecule has 1 amide bonds. The number of amides is 1. The molecule has 110 valence electrons. The van der Waals surface area contributed by atoms with Crippen LogP contribution in [0.4, 0.5) is 0 Å². The number of carbonyl (C=O) groups excluding carboxylic acids is 1. The van der Waals surface area contributed by atoms with Crippen molar-refractivity contribution in [3.63, 3.8) is 0 Å². The lowest BCUT2D eigenvalue weighted by atomic mass is 9.76. The standard InChI is InChI=1S/C16H23ClN2O/c1-11-5-4-8-16(18,10-11)15(20)19-12(2)13-6-3-7-14(17)9-13/h3,6-7,9,11-12H,4-5,8,10,18H2,1-2H3,(H,19,20). The Morgan fingerprint density at radius 3 is 2.95 bits per heavy atom. The van der Waals surface area contributed by atoms with Crippen molar-refractivity contribution in [3.05, 3.63) is 34.9 Å². The van der Waals surface area contributed by atoms with Gasteiger partial charge in [0.15, 0.2) is 0 Å². The Morgan fingerprint density at radius 1 is 1.55 bits per heavy atom. The predicted molar refractivity (Wildman–Crippen MR) is 82.6 cm³/mol. The molecule has 20 heavy (non-hydrogen) atoms. The van der Waals surface area contributed by atoms with Crippen molar-refractivity contribution in [2.75, 3.05) is 0 Å². The summed E-state index contributed by atoms with van der Waals surface area (Å²) in [5.41, 5.74) is 6.59. The molecule has 3 nitrogen and oxygen atoms in total. The highest BCUT2D eigenvalue weighted by atomic mass is 35.5. The Labute approximate surface area is 125 Å². The van der Waals surface area contributed by atoms with E-state index in [0.29, 0.717) is 10.9 Å². The zero-order chi connectivity index (χ0) is 14.8. The second-order valence-corrected chi connectivity index (χ2v) is 6.54. The van der Waals surface area contributed by atoms with Gasteiger partial charge in [0.1, 0.15) is 0 Å². The van der Waals surface area contributed by atoms with Gasteiger partial charge in [-0.2, -0.15) is 0 Å². The van der Waals surface area contributed by atoms with Gasteiger partial charge in [-0.05, 0) is 43.4 Å². The minimum Gasteiger partial charge on any atom is -0.348 e. The number of hydrogen-bond acceptors (Lipinski definition) is 2. The van der Waals surface area contributed by atoms with E-state index in [-0.39, 0.29) is 11.9 Å². The molecule has 1 fully saturated rings. The molecule has 1 aromatic rings. The second kappa shape index (κ2) is 6.15. The van der Waals surface area contributed by atoms with E-state index >= 15 is 0 Å². The third-order valence-electron chi connectivity index (χ3n) is 4.18. The Hall–Kier alpha value is -1.06. The van der Waals surface area contributed by atoms with E-state index in [0.717, 1.165) is 31.2 Å². The summed E-state index contributed by atoms with van der Waals surface area (Å²) in [4.78, 5) is 12.5. The first-order chi connectivity index (χ1) is 9.40. The van der Waals surface area contributed by atoms with Crippen molar-refractivity contribution in [3.8, 4) is 0 Å². The second-order valence-electron chi connectivity index (χ2n) is 6.11. The van der Waals surface area contributed by atoms with Gasteiger partial charge in [-0.15, -0.1) is 0 Å². The SMILES string of the molecule is CC1CCCC(N)(C(=O)NC(C)c2cccc(Cl)c2)C1. The Balaban J connectivity index is 2.03. The summed E-state index contributed by atoms with van der Waals surface area (Å²) < 4.78 is 0. The van der Waals surface area contributed by atoms with Gasteiger partial charge in [-0.3, -0.25) is 4.79 Å². The number of nitrogens with one attached hydrogen (secondary N) is 1. The normalized spacial score (nSPS) is 27.9. The minimum atomic E-state index is -0.718. The quantitative estimate of drug-likeness (QED) is 0.897. The largest absolute Gasteiger partial charge is 0.348 e. The van der Waals surface area contributed by atoms with Gasteiger partial charge < -0.3 is 11.1 Å². The molecule has 1 saturated carbocycles. The van der Waals surface area contributed by atoms with E-state index < -0.39 is 5.54 Å². The van der Waals surface area contributed by atoms with Crippen LogP contribution >= 0.6 is 11.6 Å². The van der Waals surface area contributed by atoms with Crippen LogP contribution in [0.2, 0.25) is 5.02 Å². The molecule has 0 spiro atoms. The van der Waals surface area contributed by atoms with Gasteiger partial charge in [-0.1, -0.05) is 43.5 Å². The van der Waals surface area contributed by atoms with Crippen molar-refractivity contribution in [1.82, 2.24) is 5.32 Å². The van der Waals surface area contributed by atoms with Gasteiger partial charge in [0.05, 0.1) is 11.6 Å². The van der Waals surface area contributed by atoms with E-state index in [1.165, 1.54) is 0 Å². The highest BCUT2D eigenvalue weighted by Crippen LogP contribution is 2.31. The van der Waals surface area contributed by atoms with Crippen molar-refractivity contribution >= 4 is 17.5 Å². The molecule has 0 heterocycles. The number of benzene rings is 1. The van der Waals surface area contributed by atoms with Crippen LogP contribution in [0.3, 0.4) is 0 Å². The maximum absolute atomic E-state index is 12.5. The smallest absolute Gasteiger partial charge is 0.240 e. The monoisotopic (exact) mass is 294 g/mol. The summed E-state index contributed by atoms with van der Waals surface area (Å²) in [7, 11) is 0. The van der Waals surface area contributed by atoms with Crippen LogP contribution in [-0.4, -0.2) is 11.4 Å². The Morgan fingerprint density at radius 2 is 2.30 bits per heavy atom. The number of nitrogens with two attached hydrogens (primary N) is 1. The summed E-state index contributed by atoms with van der Waals surface area (Å²) in [6, 6.07) is 7.47. The minimum absolute atomic E-state index is 0.0449. The van der Waals surface area contributed by atoms with E-state index in [9.17, 15) is 4.79 Å². The molecule has 1 aliphatic carbocycles. The zero-order valence-corrected chi connectivity index (χ0v) is 12.9. The molecule has 1 aromatic carbocycles. The van der Waals surface area contributed by atoms with Crippen LogP contribution in [0, 0.1) is 5.92 Å². The van der Waals surface area contributed by atoms with E-state index in [1.807, 2.05) is 31.2 Å². The molecule has 0 bridgehead atoms. The number of hydrogen-bond donors (Lipinski definition) is 2. The molecule has 4 heteroatoms. The molecule has 1 aliphatic rings. The molecule has 0 aliphatic heterocycles. The summed E-state index contributed by atoms with van der Waals surface area (Å²) in [6.07, 6.45) is 3.72. The van der Waals surface area contributed by atoms with Crippen molar-refractivity contribution in [1.29, 1.82) is 0 Å². The predicted octanol–water partition coefficient (Wildman–Crippen LogP) is 3.42. The van der Waals surface area contributed by atoms with Gasteiger partial charge in [0.25, 0.3) is 0 Å². The zero-order valence-electron chi connectivity index (χ0n) is 12.2. The topological polar surface area (TPSA) is 55.1 Å². The highest BCUT2D eigenvalue weighted by Gasteiger charge is 2.38. The lowest BCUT2D eigenvalue weighted by Gasteiger charge is -2.36. The molecule has 2 rings (SSSR count). The van der Waals surface area contributed by atoms with Gasteiger partial charge in [0, 0.05) is 5.02 Å². The van der Waals surface area contributed by atoms with Crippen LogP contribution in [-0.2, 0) is 4.79 Å². The molecular formula is C16H23ClN2O. The van der Waals surface area contributed by atoms with Crippen molar-refractivity contribution in [2.24, 2.45) is 11.7 Å². The molecule has 3 N–H and O–H groups in total. The van der Waals surface area contributed by atoms with Crippen LogP contribution in [0.15, 0.2) is 24.3 Å². The lowest BCUT2D eigenvalue weighted by molar-refractivity contribution is -0.128. The third-order valence-corrected chi connectivity index (χ3v) is 4.42. The first kappa shape index (κ1) is 15.3. The van der Waals surface area contributed by atoms with Crippen LogP contribution in [0.1, 0.15) is 51.1 Å². The molecule has 3 atom stereocenters. The Kier molecular flexibility index (Phi) is 4.71. The first-order valence-corrected chi connectivity index (χ1v) is 7.64. The third kappa shape index (κ3) is 3.53. The average molecular weight is 295 g/mol. The van der Waals surface area contributed by atoms with Crippen molar-refractivity contribution < 1.29 is 4.79 Å². The van der Waals surface area contributed by atoms with Crippen molar-refractivity contribution in [2.45, 2.75) is 51.1 Å². The average Bonchev–Trinajstić information content (AvgIpc) is 2.38. The fourth-order valence-electron chi connectivity index (χ4n) is 3.00. The summed E-state index contributed by atoms with van der Waals surface area (Å²) >= 11 is 5.98. The maximum Gasteiger partial charge on any atom is 0.240 e. The summed E-state index contributed by atoms with van der Waals surface area (Å²) in [5, 5.41) is 3.71. The van der Waals surface area contributed by atoms with E-state index in [1.54, 1.807) is 0 Å². The fourth-order valence-corrected chi connectivity index (χ4v) is 3.20. The van der Waals surface area contributed by atoms with E-state index in [2.05, 4.69) is 12.2 Å². The molecule has 0 saturated heterocycles. The number of rotatable bonds is 3. The van der Waals surface area contributed by atoms with Gasteiger partial charge in [0.2, 0.25) is 5.91 Å². The van der Waals surface area contributed by atoms with Crippen LogP contribution in [0.5, 0.6) is 0 Å². The number of carbonyl (C=O) groups is 1. The number of halogens is 1. The van der Waals surface area contributed by atoms with Gasteiger partial charge in [-0.25, -0.2) is 0 Å². The van der Waals surface area contributed by atoms with Crippen LogP contribution < -0.4 is 11.1 Å². The first-order valence-electron chi connectivity index (χ1n) is 7.26. The van der Waals surface area contributed by atoms with Gasteiger partial charge >= 0.3 is 0 Å². The van der Waals surface area contributed by atoms with E-state index in [4.69, 9.17) is 17.3 Å². The molecule has 0 aromatic heterocycles. The summed E-state index contributed by atoms with van der Waals surface area (Å²) in [5.74, 6) is 0.470. The molecular weight excluding hydrogens is 272 g/mol. The fraction of sp³-hybridized carbons (Fsp3) is 0.562. The highest BCUT2D eigenvalue weighted by molar-refractivity contribution is 6.30.